The van der Waals surface area contributed by atoms with Gasteiger partial charge in [-0.25, -0.2) is 0 Å². The summed E-state index contributed by atoms with van der Waals surface area (Å²) < 4.78 is 17.0. The third-order valence-electron chi connectivity index (χ3n) is 0. The van der Waals surface area contributed by atoms with Crippen LogP contribution in [0.5, 0.6) is 0 Å². The van der Waals surface area contributed by atoms with Crippen LogP contribution in [-0.4, -0.2) is 0 Å². The molecule has 0 aromatic rings. The summed E-state index contributed by atoms with van der Waals surface area (Å²) in [5.41, 5.74) is 0. The van der Waals surface area contributed by atoms with Gasteiger partial charge in [0.25, 0.3) is 0 Å². The molecule has 0 aromatic heterocycles. The molecule has 0 saturated heterocycles. The molecule has 2 nitrogen and oxygen atoms in total. The fourth-order valence-corrected chi connectivity index (χ4v) is 0. The minimum atomic E-state index is -2.00. The molecule has 0 unspecified atom stereocenters. The first-order valence-electron chi connectivity index (χ1n) is 0.742. The fraction of sp³-hybridized carbons (Fsp3) is 0. The molecular formula is C2H2O2Ti. The first-order chi connectivity index (χ1) is 2.41. The molecule has 0 saturated carbocycles. The van der Waals surface area contributed by atoms with Crippen LogP contribution in [0.25, 0.3) is 0 Å². The molecule has 5 heavy (non-hydrogen) atoms. The Kier molecular flexibility index (Phi) is 74.2. The van der Waals surface area contributed by atoms with Crippen molar-refractivity contribution >= 4 is 0 Å². The zero-order valence-electron chi connectivity index (χ0n) is 2.47. The summed E-state index contributed by atoms with van der Waals surface area (Å²) >= 11 is -2.00. The van der Waals surface area contributed by atoms with Crippen LogP contribution in [0.2, 0.25) is 0 Å². The summed E-state index contributed by atoms with van der Waals surface area (Å²) in [4.78, 5) is 0. The van der Waals surface area contributed by atoms with Crippen LogP contribution in [0.3, 0.4) is 0 Å². The fourth-order valence-electron chi connectivity index (χ4n) is 0. The van der Waals surface area contributed by atoms with Crippen molar-refractivity contribution in [3.05, 3.63) is 0 Å². The molecule has 0 rings (SSSR count). The van der Waals surface area contributed by atoms with Gasteiger partial charge in [-0.3, -0.25) is 0 Å². The molecule has 0 atom stereocenters. The molecule has 26 valence electrons. The van der Waals surface area contributed by atoms with Gasteiger partial charge >= 0.3 is 25.7 Å². The molecular weight excluding hydrogens is 104 g/mol. The van der Waals surface area contributed by atoms with Crippen LogP contribution in [0.15, 0.2) is 0 Å². The summed E-state index contributed by atoms with van der Waals surface area (Å²) in [5.74, 6) is 0. The van der Waals surface area contributed by atoms with Gasteiger partial charge < -0.3 is 0 Å². The Bertz CT molecular complexity index is 49.9. The quantitative estimate of drug-likeness (QED) is 0.322. The Balaban J connectivity index is 0. The molecule has 0 aromatic carbocycles. The Hall–Kier alpha value is -0.126. The predicted molar refractivity (Wildman–Crippen MR) is 11.3 cm³/mol. The van der Waals surface area contributed by atoms with E-state index in [0.29, 0.717) is 0 Å². The van der Waals surface area contributed by atoms with Crippen molar-refractivity contribution in [2.75, 3.05) is 0 Å². The van der Waals surface area contributed by atoms with Gasteiger partial charge in [0.15, 0.2) is 0 Å². The van der Waals surface area contributed by atoms with E-state index in [1.165, 1.54) is 0 Å². The summed E-state index contributed by atoms with van der Waals surface area (Å²) in [6.45, 7) is 0. The van der Waals surface area contributed by atoms with Gasteiger partial charge in [0.05, 0.1) is 0 Å². The molecule has 0 bridgehead atoms. The van der Waals surface area contributed by atoms with Gasteiger partial charge in [0.2, 0.25) is 0 Å². The van der Waals surface area contributed by atoms with E-state index in [9.17, 15) is 0 Å². The second kappa shape index (κ2) is 41.9. The van der Waals surface area contributed by atoms with Crippen molar-refractivity contribution in [2.45, 2.75) is 0 Å². The minimum absolute atomic E-state index is 2.00. The van der Waals surface area contributed by atoms with Gasteiger partial charge in [-0.15, -0.1) is 12.8 Å². The van der Waals surface area contributed by atoms with Crippen molar-refractivity contribution < 1.29 is 25.7 Å². The van der Waals surface area contributed by atoms with Crippen molar-refractivity contribution in [2.24, 2.45) is 0 Å². The van der Waals surface area contributed by atoms with Gasteiger partial charge in [0.1, 0.15) is 0 Å². The topological polar surface area (TPSA) is 34.1 Å². The number of hydrogen-bond acceptors (Lipinski definition) is 2. The van der Waals surface area contributed by atoms with Gasteiger partial charge in [-0.2, -0.15) is 0 Å². The third kappa shape index (κ3) is 861. The van der Waals surface area contributed by atoms with Crippen molar-refractivity contribution in [1.29, 1.82) is 0 Å². The van der Waals surface area contributed by atoms with Gasteiger partial charge in [-0.1, -0.05) is 0 Å². The normalized spacial score (nSPS) is 2.00. The molecule has 0 fully saturated rings. The molecule has 0 amide bonds. The summed E-state index contributed by atoms with van der Waals surface area (Å²) in [6, 6.07) is 0. The summed E-state index contributed by atoms with van der Waals surface area (Å²) in [7, 11) is 0. The SMILES string of the molecule is C#C.[O]=[Ti]=[O]. The number of hydrogen-bond donors (Lipinski definition) is 0. The molecule has 0 aliphatic heterocycles. The number of rotatable bonds is 0. The van der Waals surface area contributed by atoms with E-state index in [2.05, 4.69) is 12.8 Å². The van der Waals surface area contributed by atoms with Crippen LogP contribution >= 0.6 is 0 Å². The zero-order chi connectivity index (χ0) is 4.71. The summed E-state index contributed by atoms with van der Waals surface area (Å²) in [5, 5.41) is 0. The van der Waals surface area contributed by atoms with Crippen LogP contribution < -0.4 is 0 Å². The monoisotopic (exact) mass is 106 g/mol. The second-order valence-electron chi connectivity index (χ2n) is 0.0833. The Morgan fingerprint density at radius 3 is 1.20 bits per heavy atom. The van der Waals surface area contributed by atoms with Crippen molar-refractivity contribution in [1.82, 2.24) is 0 Å². The van der Waals surface area contributed by atoms with Crippen molar-refractivity contribution in [3.63, 3.8) is 0 Å². The molecule has 0 spiro atoms. The molecule has 0 aliphatic rings. The Labute approximate surface area is 39.1 Å². The van der Waals surface area contributed by atoms with Gasteiger partial charge in [-0.05, 0) is 0 Å². The van der Waals surface area contributed by atoms with E-state index in [0.717, 1.165) is 0 Å². The third-order valence-corrected chi connectivity index (χ3v) is 0. The van der Waals surface area contributed by atoms with Crippen LogP contribution in [0.1, 0.15) is 0 Å². The first-order valence-corrected chi connectivity index (χ1v) is 2.02. The maximum absolute atomic E-state index is 8.50. The van der Waals surface area contributed by atoms with Crippen LogP contribution in [-0.2, 0) is 25.7 Å². The van der Waals surface area contributed by atoms with E-state index in [1.54, 1.807) is 0 Å². The molecule has 0 heterocycles. The second-order valence-corrected chi connectivity index (χ2v) is 0.344. The molecule has 3 heteroatoms. The Morgan fingerprint density at radius 1 is 1.20 bits per heavy atom. The predicted octanol–water partition coefficient (Wildman–Crippen LogP) is 0.00930. The van der Waals surface area contributed by atoms with E-state index in [4.69, 9.17) is 6.65 Å². The standard InChI is InChI=1S/C2H2.2O.Ti/c1-2;;;/h1-2H;;;. The van der Waals surface area contributed by atoms with Crippen molar-refractivity contribution in [3.8, 4) is 12.8 Å². The average Bonchev–Trinajstić information content (AvgIpc) is 1.46. The van der Waals surface area contributed by atoms with Gasteiger partial charge in [0, 0.05) is 0 Å². The Morgan fingerprint density at radius 2 is 1.20 bits per heavy atom. The molecule has 0 radical (unpaired) electrons. The number of terminal acetylenes is 1. The van der Waals surface area contributed by atoms with E-state index >= 15 is 0 Å². The van der Waals surface area contributed by atoms with E-state index in [-0.39, 0.29) is 0 Å². The zero-order valence-corrected chi connectivity index (χ0v) is 4.03. The first kappa shape index (κ1) is 8.86. The molecule has 0 aliphatic carbocycles. The van der Waals surface area contributed by atoms with E-state index < -0.39 is 19.1 Å². The summed E-state index contributed by atoms with van der Waals surface area (Å²) in [6.07, 6.45) is 8.00. The molecule has 0 N–H and O–H groups in total. The van der Waals surface area contributed by atoms with E-state index in [1.807, 2.05) is 0 Å². The van der Waals surface area contributed by atoms with Crippen LogP contribution in [0, 0.1) is 12.8 Å². The van der Waals surface area contributed by atoms with Crippen LogP contribution in [0.4, 0.5) is 0 Å². The maximum atomic E-state index is 8.50. The average molecular weight is 106 g/mol.